The lowest BCUT2D eigenvalue weighted by Crippen LogP contribution is -2.05. The number of rotatable bonds is 2. The van der Waals surface area contributed by atoms with Crippen LogP contribution in [-0.2, 0) is 0 Å². The Kier molecular flexibility index (Phi) is 3.28. The maximum absolute atomic E-state index is 4.46. The molecule has 0 saturated heterocycles. The van der Waals surface area contributed by atoms with Crippen LogP contribution in [0.2, 0.25) is 0 Å². The molecule has 0 bridgehead atoms. The molecular formula is C12H18N2. The molecule has 0 fully saturated rings. The highest BCUT2D eigenvalue weighted by molar-refractivity contribution is 5.74. The molecule has 0 aromatic heterocycles. The number of anilines is 1. The van der Waals surface area contributed by atoms with Crippen molar-refractivity contribution in [3.63, 3.8) is 0 Å². The summed E-state index contributed by atoms with van der Waals surface area (Å²) in [6, 6.07) is 8.03. The topological polar surface area (TPSA) is 24.4 Å². The van der Waals surface area contributed by atoms with E-state index in [1.54, 1.807) is 0 Å². The first-order valence-corrected chi connectivity index (χ1v) is 4.85. The van der Waals surface area contributed by atoms with Crippen molar-refractivity contribution in [3.05, 3.63) is 24.3 Å². The van der Waals surface area contributed by atoms with Gasteiger partial charge in [0.05, 0.1) is 11.4 Å². The van der Waals surface area contributed by atoms with Gasteiger partial charge >= 0.3 is 0 Å². The van der Waals surface area contributed by atoms with Gasteiger partial charge in [-0.1, -0.05) is 32.9 Å². The van der Waals surface area contributed by atoms with Gasteiger partial charge in [-0.3, -0.25) is 4.99 Å². The van der Waals surface area contributed by atoms with E-state index in [2.05, 4.69) is 31.1 Å². The Hall–Kier alpha value is -1.31. The van der Waals surface area contributed by atoms with Crippen molar-refractivity contribution in [2.24, 2.45) is 10.4 Å². The summed E-state index contributed by atoms with van der Waals surface area (Å²) in [6.45, 7) is 6.41. The van der Waals surface area contributed by atoms with E-state index in [4.69, 9.17) is 0 Å². The van der Waals surface area contributed by atoms with Crippen LogP contribution in [0.4, 0.5) is 11.4 Å². The molecule has 0 unspecified atom stereocenters. The molecule has 14 heavy (non-hydrogen) atoms. The third-order valence-corrected chi connectivity index (χ3v) is 1.76. The van der Waals surface area contributed by atoms with Gasteiger partial charge in [-0.2, -0.15) is 0 Å². The number of para-hydroxylation sites is 2. The normalized spacial score (nSPS) is 12.0. The zero-order valence-corrected chi connectivity index (χ0v) is 9.33. The maximum atomic E-state index is 4.46. The maximum Gasteiger partial charge on any atom is 0.0857 e. The molecule has 0 spiro atoms. The van der Waals surface area contributed by atoms with E-state index in [1.807, 2.05) is 37.5 Å². The van der Waals surface area contributed by atoms with Gasteiger partial charge in [0.1, 0.15) is 0 Å². The highest BCUT2D eigenvalue weighted by Crippen LogP contribution is 2.24. The first kappa shape index (κ1) is 10.8. The fraction of sp³-hybridized carbons (Fsp3) is 0.417. The van der Waals surface area contributed by atoms with E-state index in [1.165, 1.54) is 0 Å². The molecule has 2 heteroatoms. The van der Waals surface area contributed by atoms with Crippen molar-refractivity contribution < 1.29 is 0 Å². The zero-order valence-electron chi connectivity index (χ0n) is 9.33. The summed E-state index contributed by atoms with van der Waals surface area (Å²) in [6.07, 6.45) is 1.98. The lowest BCUT2D eigenvalue weighted by atomic mass is 9.99. The summed E-state index contributed by atoms with van der Waals surface area (Å²) in [5.74, 6) is 0. The molecule has 0 aliphatic carbocycles. The van der Waals surface area contributed by atoms with Crippen molar-refractivity contribution >= 4 is 17.6 Å². The summed E-state index contributed by atoms with van der Waals surface area (Å²) in [5, 5.41) is 3.12. The molecule has 1 N–H and O–H groups in total. The number of aliphatic imine (C=N–C) groups is 1. The third-order valence-electron chi connectivity index (χ3n) is 1.76. The number of nitrogens with zero attached hydrogens (tertiary/aromatic N) is 1. The largest absolute Gasteiger partial charge is 0.386 e. The quantitative estimate of drug-likeness (QED) is 0.709. The van der Waals surface area contributed by atoms with Crippen LogP contribution in [0.1, 0.15) is 20.8 Å². The minimum atomic E-state index is 0.126. The number of benzene rings is 1. The second kappa shape index (κ2) is 4.27. The molecule has 1 rings (SSSR count). The average Bonchev–Trinajstić information content (AvgIpc) is 2.14. The van der Waals surface area contributed by atoms with Gasteiger partial charge in [0.2, 0.25) is 0 Å². The summed E-state index contributed by atoms with van der Waals surface area (Å²) in [4.78, 5) is 4.46. The van der Waals surface area contributed by atoms with E-state index in [9.17, 15) is 0 Å². The molecule has 1 aromatic rings. The molecule has 0 radical (unpaired) electrons. The Morgan fingerprint density at radius 3 is 2.43 bits per heavy atom. The Morgan fingerprint density at radius 1 is 1.21 bits per heavy atom. The van der Waals surface area contributed by atoms with Crippen LogP contribution < -0.4 is 5.32 Å². The number of nitrogens with one attached hydrogen (secondary N) is 1. The second-order valence-corrected chi connectivity index (χ2v) is 4.39. The third kappa shape index (κ3) is 3.21. The van der Waals surface area contributed by atoms with E-state index in [-0.39, 0.29) is 5.41 Å². The summed E-state index contributed by atoms with van der Waals surface area (Å²) < 4.78 is 0. The lowest BCUT2D eigenvalue weighted by Gasteiger charge is -2.11. The standard InChI is InChI=1S/C12H18N2/c1-12(2,3)9-14-11-8-6-5-7-10(11)13-4/h5-9,13H,1-4H3. The van der Waals surface area contributed by atoms with Gasteiger partial charge in [-0.25, -0.2) is 0 Å². The monoisotopic (exact) mass is 190 g/mol. The Balaban J connectivity index is 2.91. The Labute approximate surface area is 86.1 Å². The van der Waals surface area contributed by atoms with Crippen LogP contribution >= 0.6 is 0 Å². The predicted octanol–water partition coefficient (Wildman–Crippen LogP) is 3.48. The van der Waals surface area contributed by atoms with E-state index in [0.717, 1.165) is 11.4 Å². The van der Waals surface area contributed by atoms with Crippen molar-refractivity contribution in [2.45, 2.75) is 20.8 Å². The fourth-order valence-electron chi connectivity index (χ4n) is 1.06. The minimum absolute atomic E-state index is 0.126. The fourth-order valence-corrected chi connectivity index (χ4v) is 1.06. The Bertz CT molecular complexity index is 321. The molecule has 0 heterocycles. The van der Waals surface area contributed by atoms with Crippen molar-refractivity contribution in [1.29, 1.82) is 0 Å². The van der Waals surface area contributed by atoms with Crippen LogP contribution in [0.5, 0.6) is 0 Å². The highest BCUT2D eigenvalue weighted by Gasteiger charge is 2.05. The smallest absolute Gasteiger partial charge is 0.0857 e. The number of hydrogen-bond acceptors (Lipinski definition) is 2. The molecule has 0 aliphatic heterocycles. The van der Waals surface area contributed by atoms with Gasteiger partial charge < -0.3 is 5.32 Å². The van der Waals surface area contributed by atoms with Gasteiger partial charge in [0, 0.05) is 13.3 Å². The van der Waals surface area contributed by atoms with Crippen molar-refractivity contribution in [3.8, 4) is 0 Å². The summed E-state index contributed by atoms with van der Waals surface area (Å²) >= 11 is 0. The second-order valence-electron chi connectivity index (χ2n) is 4.39. The van der Waals surface area contributed by atoms with Crippen molar-refractivity contribution in [1.82, 2.24) is 0 Å². The Morgan fingerprint density at radius 2 is 1.86 bits per heavy atom. The van der Waals surface area contributed by atoms with E-state index in [0.29, 0.717) is 0 Å². The molecule has 0 aliphatic rings. The van der Waals surface area contributed by atoms with Gasteiger partial charge in [-0.15, -0.1) is 0 Å². The first-order chi connectivity index (χ1) is 6.53. The lowest BCUT2D eigenvalue weighted by molar-refractivity contribution is 0.607. The zero-order chi connectivity index (χ0) is 10.6. The predicted molar refractivity (Wildman–Crippen MR) is 63.6 cm³/mol. The van der Waals surface area contributed by atoms with Crippen molar-refractivity contribution in [2.75, 3.05) is 12.4 Å². The average molecular weight is 190 g/mol. The molecule has 2 nitrogen and oxygen atoms in total. The van der Waals surface area contributed by atoms with Crippen LogP contribution in [0.25, 0.3) is 0 Å². The van der Waals surface area contributed by atoms with Gasteiger partial charge in [-0.05, 0) is 17.5 Å². The van der Waals surface area contributed by atoms with Crippen LogP contribution in [0.3, 0.4) is 0 Å². The first-order valence-electron chi connectivity index (χ1n) is 4.85. The number of hydrogen-bond donors (Lipinski definition) is 1. The van der Waals surface area contributed by atoms with Crippen LogP contribution in [0.15, 0.2) is 29.3 Å². The van der Waals surface area contributed by atoms with Crippen LogP contribution in [0, 0.1) is 5.41 Å². The van der Waals surface area contributed by atoms with Gasteiger partial charge in [0.25, 0.3) is 0 Å². The summed E-state index contributed by atoms with van der Waals surface area (Å²) in [5.41, 5.74) is 2.18. The molecule has 0 atom stereocenters. The minimum Gasteiger partial charge on any atom is -0.386 e. The molecular weight excluding hydrogens is 172 g/mol. The molecule has 76 valence electrons. The van der Waals surface area contributed by atoms with E-state index < -0.39 is 0 Å². The highest BCUT2D eigenvalue weighted by atomic mass is 14.9. The SMILES string of the molecule is CNc1ccccc1N=CC(C)(C)C. The molecule has 0 amide bonds. The van der Waals surface area contributed by atoms with E-state index >= 15 is 0 Å². The van der Waals surface area contributed by atoms with Gasteiger partial charge in [0.15, 0.2) is 0 Å². The molecule has 0 saturated carbocycles. The molecule has 1 aromatic carbocycles. The summed E-state index contributed by atoms with van der Waals surface area (Å²) in [7, 11) is 1.91. The van der Waals surface area contributed by atoms with Crippen LogP contribution in [-0.4, -0.2) is 13.3 Å².